The fourth-order valence-electron chi connectivity index (χ4n) is 6.57. The number of allylic oxidation sites excluding steroid dienone is 1. The van der Waals surface area contributed by atoms with Crippen LogP contribution in [-0.2, 0) is 119 Å². The third-order valence-electron chi connectivity index (χ3n) is 9.16. The Morgan fingerprint density at radius 1 is 0.543 bits per heavy atom. The molecule has 1 N–H and O–H groups in total. The number of carbonyl (C=O) groups is 1. The predicted octanol–water partition coefficient (Wildman–Crippen LogP) is 14.3. The molecule has 0 amide bonds. The summed E-state index contributed by atoms with van der Waals surface area (Å²) in [5, 5.41) is 17.2. The SMILES string of the molecule is O=C(/C=C/N1CCCCC1)c1c(O)ccc2ccccc12.O=c1c(I)coc2ccc3ccccc3c12.O=c1ccoc2ccc3ccccc3c12.[CH3-].[CH3-].[CH3-].[CH3-].[CH3-].[CH3-].[CH3-].[CH3-].[CH3-].[U].[U].[U].[V].[V].[V].[W].[W].[W]. The summed E-state index contributed by atoms with van der Waals surface area (Å²) in [6, 6.07) is 35.7. The number of likely N-dealkylation sites (tertiary alicyclic amines) is 1. The number of aromatic hydroxyl groups is 1. The van der Waals surface area contributed by atoms with Crippen LogP contribution < -0.4 is 10.9 Å². The predicted molar refractivity (Wildman–Crippen MR) is 275 cm³/mol. The van der Waals surface area contributed by atoms with E-state index in [-0.39, 0.29) is 301 Å². The zero-order chi connectivity index (χ0) is 36.0. The van der Waals surface area contributed by atoms with Crippen LogP contribution in [0.2, 0.25) is 0 Å². The number of hydrogen-bond donors (Lipinski definition) is 1. The number of benzene rings is 6. The van der Waals surface area contributed by atoms with Crippen LogP contribution in [0.4, 0.5) is 0 Å². The van der Waals surface area contributed by atoms with Crippen molar-refractivity contribution in [2.45, 2.75) is 19.3 Å². The quantitative estimate of drug-likeness (QED) is 0.0618. The van der Waals surface area contributed by atoms with Gasteiger partial charge in [-0.2, -0.15) is 0 Å². The Kier molecular flexibility index (Phi) is 71.2. The van der Waals surface area contributed by atoms with Gasteiger partial charge in [0.2, 0.25) is 5.43 Å². The van der Waals surface area contributed by atoms with Gasteiger partial charge in [-0.25, -0.2) is 0 Å². The van der Waals surface area contributed by atoms with Gasteiger partial charge in [0.25, 0.3) is 0 Å². The van der Waals surface area contributed by atoms with Gasteiger partial charge in [-0.15, -0.1) is 0 Å². The molecule has 6 aromatic carbocycles. The van der Waals surface area contributed by atoms with Crippen molar-refractivity contribution in [2.75, 3.05) is 13.1 Å². The van der Waals surface area contributed by atoms with E-state index in [1.807, 2.05) is 132 Å². The molecule has 375 valence electrons. The number of carbonyl (C=O) groups excluding carboxylic acids is 1. The first kappa shape index (κ1) is 100. The number of phenolic OH excluding ortho intramolecular Hbond substituents is 1. The Morgan fingerprint density at radius 3 is 1.46 bits per heavy atom. The second-order valence-electron chi connectivity index (χ2n) is 12.5. The minimum atomic E-state index is -0.144. The van der Waals surface area contributed by atoms with Crippen LogP contribution in [0.3, 0.4) is 0 Å². The molecule has 70 heavy (non-hydrogen) atoms. The van der Waals surface area contributed by atoms with E-state index in [1.165, 1.54) is 37.9 Å². The zero-order valence-corrected chi connectivity index (χ0v) is 68.8. The largest absolute Gasteiger partial charge is 0.507 e. The number of halogens is 1. The monoisotopic (exact) mass is 2350 g/mol. The summed E-state index contributed by atoms with van der Waals surface area (Å²) < 4.78 is 11.3. The molecule has 1 aliphatic rings. The summed E-state index contributed by atoms with van der Waals surface area (Å²) in [7, 11) is 0. The van der Waals surface area contributed by atoms with Crippen LogP contribution in [0.5, 0.6) is 5.75 Å². The Hall–Kier alpha value is 1.23. The number of nitrogens with zero attached hydrogens (tertiary/aromatic N) is 1. The van der Waals surface area contributed by atoms with Crippen LogP contribution in [-0.4, -0.2) is 28.9 Å². The molecule has 1 aliphatic heterocycles. The molecule has 8 aromatic rings. The van der Waals surface area contributed by atoms with E-state index in [2.05, 4.69) is 4.90 Å². The molecule has 3 heterocycles. The van der Waals surface area contributed by atoms with Crippen molar-refractivity contribution < 1.29 is 231 Å². The standard InChI is InChI=1S/C18H19NO2.C13H7IO2.C13H8O2.9CH3.3U.3V.3W/c20-16-9-8-14-6-2-3-7-15(14)18(16)17(21)10-13-19-11-4-1-5-12-19;14-10-7-16-11-6-5-8-3-1-2-4-9(8)12(11)13(10)15;14-11-7-8-15-12-6-5-9-3-1-2-4-10(9)13(11)12;;;;;;;;;;;;;;;;;;/h2-3,6-10,13,20H,1,4-5,11-12H2;1-7H;1-8H;9*1H3;;;;;;;;;/q;;;9*-1;;;;;;;;;/b13-10+;;;;;;;;;;;;;;;;;;;;. The molecule has 3 radical (unpaired) electrons. The second-order valence-corrected chi connectivity index (χ2v) is 13.6. The molecule has 0 aliphatic carbocycles. The Bertz CT molecular complexity index is 2780. The maximum absolute atomic E-state index is 12.4. The van der Waals surface area contributed by atoms with E-state index < -0.39 is 0 Å². The van der Waals surface area contributed by atoms with Crippen LogP contribution in [0.1, 0.15) is 29.6 Å². The van der Waals surface area contributed by atoms with E-state index in [9.17, 15) is 19.5 Å². The molecule has 1 saturated heterocycles. The zero-order valence-electron chi connectivity index (χ0n) is 41.2. The molecular weight excluding hydrogens is 2290 g/mol. The van der Waals surface area contributed by atoms with Gasteiger partial charge in [-0.3, -0.25) is 14.4 Å². The van der Waals surface area contributed by atoms with Gasteiger partial charge in [0.15, 0.2) is 11.2 Å². The van der Waals surface area contributed by atoms with Gasteiger partial charge < -0.3 is 85.7 Å². The van der Waals surface area contributed by atoms with Crippen molar-refractivity contribution in [1.82, 2.24) is 4.90 Å². The number of fused-ring (bicyclic) bond motifs is 7. The maximum atomic E-state index is 12.4. The average molecular weight is 2350 g/mol. The topological polar surface area (TPSA) is 101 Å². The van der Waals surface area contributed by atoms with Crippen molar-refractivity contribution in [1.29, 1.82) is 0 Å². The van der Waals surface area contributed by atoms with E-state index in [0.717, 1.165) is 45.4 Å². The third-order valence-corrected chi connectivity index (χ3v) is 9.90. The number of piperidine rings is 1. The van der Waals surface area contributed by atoms with Gasteiger partial charge >= 0.3 is 0 Å². The van der Waals surface area contributed by atoms with Crippen LogP contribution in [0, 0.1) is 164 Å². The molecule has 0 atom stereocenters. The molecular formula is C53H61INO6U3V3W3-9. The summed E-state index contributed by atoms with van der Waals surface area (Å²) >= 11 is 2.00. The molecule has 1 fully saturated rings. The summed E-state index contributed by atoms with van der Waals surface area (Å²) in [5.74, 6) is -0.100. The first-order chi connectivity index (χ1) is 25.4. The van der Waals surface area contributed by atoms with Crippen molar-refractivity contribution in [2.24, 2.45) is 0 Å². The average Bonchev–Trinajstić information content (AvgIpc) is 3.19. The van der Waals surface area contributed by atoms with Gasteiger partial charge in [-0.05, 0) is 92.4 Å². The van der Waals surface area contributed by atoms with Crippen LogP contribution in [0.15, 0.2) is 158 Å². The Morgan fingerprint density at radius 2 is 0.957 bits per heavy atom. The molecule has 2 aromatic heterocycles. The molecule has 0 spiro atoms. The van der Waals surface area contributed by atoms with Gasteiger partial charge in [0.05, 0.1) is 26.2 Å². The molecule has 0 saturated carbocycles. The summed E-state index contributed by atoms with van der Waals surface area (Å²) in [4.78, 5) is 38.4. The van der Waals surface area contributed by atoms with Gasteiger partial charge in [-0.1, -0.05) is 91.0 Å². The van der Waals surface area contributed by atoms with E-state index in [0.29, 0.717) is 31.1 Å². The first-order valence-electron chi connectivity index (χ1n) is 17.0. The smallest absolute Gasteiger partial charge is 0.206 e. The van der Waals surface area contributed by atoms with E-state index in [1.54, 1.807) is 12.1 Å². The van der Waals surface area contributed by atoms with Crippen molar-refractivity contribution in [3.8, 4) is 5.75 Å². The Labute approximate surface area is 583 Å². The minimum Gasteiger partial charge on any atom is -0.507 e. The molecule has 9 rings (SSSR count). The van der Waals surface area contributed by atoms with Crippen LogP contribution >= 0.6 is 22.6 Å². The summed E-state index contributed by atoms with van der Waals surface area (Å²) in [5.41, 5.74) is 1.72. The maximum Gasteiger partial charge on any atom is 0.206 e. The van der Waals surface area contributed by atoms with Gasteiger partial charge in [0, 0.05) is 244 Å². The molecule has 0 unspecified atom stereocenters. The molecule has 7 nitrogen and oxygen atoms in total. The number of rotatable bonds is 3. The molecule has 0 bridgehead atoms. The summed E-state index contributed by atoms with van der Waals surface area (Å²) in [6.07, 6.45) is 9.99. The molecule has 17 heteroatoms. The van der Waals surface area contributed by atoms with Crippen molar-refractivity contribution >= 4 is 82.6 Å². The van der Waals surface area contributed by atoms with Crippen molar-refractivity contribution in [3.63, 3.8) is 0 Å². The fraction of sp³-hybridized carbons (Fsp3) is 0.0943. The van der Waals surface area contributed by atoms with Crippen LogP contribution in [0.25, 0.3) is 54.3 Å². The minimum absolute atomic E-state index is 0. The number of hydrogen-bond acceptors (Lipinski definition) is 7. The van der Waals surface area contributed by atoms with E-state index in [4.69, 9.17) is 8.83 Å². The third kappa shape index (κ3) is 25.1. The second kappa shape index (κ2) is 49.8. The normalized spacial score (nSPS) is 9.59. The summed E-state index contributed by atoms with van der Waals surface area (Å²) in [6.45, 7) is 2.01. The number of phenols is 1. The van der Waals surface area contributed by atoms with Gasteiger partial charge in [0.1, 0.15) is 23.2 Å². The Balaban J connectivity index is -0.0000000645. The number of ketones is 1. The van der Waals surface area contributed by atoms with Crippen molar-refractivity contribution in [3.05, 3.63) is 236 Å². The van der Waals surface area contributed by atoms with E-state index >= 15 is 0 Å². The fourth-order valence-corrected chi connectivity index (χ4v) is 6.97. The first-order valence-corrected chi connectivity index (χ1v) is 18.1.